The Morgan fingerprint density at radius 2 is 1.82 bits per heavy atom. The van der Waals surface area contributed by atoms with Gasteiger partial charge in [0, 0.05) is 42.4 Å². The molecule has 1 fully saturated rings. The van der Waals surface area contributed by atoms with E-state index in [-0.39, 0.29) is 41.9 Å². The molecule has 2 aromatic rings. The molecule has 5 heteroatoms. The maximum atomic E-state index is 13.2. The lowest BCUT2D eigenvalue weighted by atomic mass is 9.85. The maximum Gasteiger partial charge on any atom is 0.223 e. The normalized spacial score (nSPS) is 18.7. The average Bonchev–Trinajstić information content (AvgIpc) is 3.22. The zero-order valence-electron chi connectivity index (χ0n) is 20.8. The number of hydrogen-bond donors (Lipinski definition) is 2. The third-order valence-electron chi connectivity index (χ3n) is 7.10. The van der Waals surface area contributed by atoms with Crippen LogP contribution in [0.4, 0.5) is 0 Å². The summed E-state index contributed by atoms with van der Waals surface area (Å²) in [5.41, 5.74) is 1.17. The second-order valence-electron chi connectivity index (χ2n) is 10.4. The quantitative estimate of drug-likeness (QED) is 0.376. The highest BCUT2D eigenvalue weighted by Crippen LogP contribution is 2.27. The van der Waals surface area contributed by atoms with Crippen molar-refractivity contribution in [1.29, 1.82) is 0 Å². The van der Waals surface area contributed by atoms with E-state index in [9.17, 15) is 14.4 Å². The van der Waals surface area contributed by atoms with Crippen LogP contribution in [-0.2, 0) is 20.8 Å². The lowest BCUT2D eigenvalue weighted by Crippen LogP contribution is -2.42. The summed E-state index contributed by atoms with van der Waals surface area (Å²) in [5, 5.41) is 5.47. The minimum Gasteiger partial charge on any atom is -0.352 e. The lowest BCUT2D eigenvalue weighted by Gasteiger charge is -2.25. The number of carbonyl (C=O) groups is 3. The van der Waals surface area contributed by atoms with Crippen LogP contribution in [0, 0.1) is 23.7 Å². The van der Waals surface area contributed by atoms with E-state index in [0.29, 0.717) is 43.1 Å². The van der Waals surface area contributed by atoms with Gasteiger partial charge in [0.1, 0.15) is 11.6 Å². The summed E-state index contributed by atoms with van der Waals surface area (Å²) in [7, 11) is 0. The third-order valence-corrected chi connectivity index (χ3v) is 7.54. The number of hydrogen-bond acceptors (Lipinski definition) is 4. The molecule has 1 amide bonds. The van der Waals surface area contributed by atoms with Crippen molar-refractivity contribution < 1.29 is 14.4 Å². The summed E-state index contributed by atoms with van der Waals surface area (Å²) in [5.74, 6) is 0.665. The van der Waals surface area contributed by atoms with Gasteiger partial charge < -0.3 is 5.32 Å². The average molecular weight is 482 g/mol. The van der Waals surface area contributed by atoms with Crippen LogP contribution in [0.15, 0.2) is 42.5 Å². The van der Waals surface area contributed by atoms with Crippen molar-refractivity contribution in [2.75, 3.05) is 5.75 Å². The van der Waals surface area contributed by atoms with E-state index in [0.717, 1.165) is 12.8 Å². The van der Waals surface area contributed by atoms with Gasteiger partial charge in [0.2, 0.25) is 5.91 Å². The number of Topliss-reactive ketones (excluding diaryl/α,β-unsaturated/α-hetero) is 2. The SMILES string of the molecule is CC(C)C[C@H](CC(=O)[C@@H](C)Cc1cccc2ccccc12)C(=O)N[C@H](CS)C[C@@H]1CCCC1=O. The molecule has 1 N–H and O–H groups in total. The van der Waals surface area contributed by atoms with E-state index in [1.807, 2.05) is 25.1 Å². The van der Waals surface area contributed by atoms with Gasteiger partial charge in [0.15, 0.2) is 0 Å². The molecule has 0 unspecified atom stereocenters. The van der Waals surface area contributed by atoms with Crippen LogP contribution >= 0.6 is 12.6 Å². The Morgan fingerprint density at radius 3 is 2.50 bits per heavy atom. The van der Waals surface area contributed by atoms with Crippen molar-refractivity contribution in [3.63, 3.8) is 0 Å². The van der Waals surface area contributed by atoms with Crippen LogP contribution in [0.1, 0.15) is 64.9 Å². The van der Waals surface area contributed by atoms with E-state index >= 15 is 0 Å². The van der Waals surface area contributed by atoms with Gasteiger partial charge in [-0.2, -0.15) is 12.6 Å². The van der Waals surface area contributed by atoms with Crippen LogP contribution in [0.2, 0.25) is 0 Å². The van der Waals surface area contributed by atoms with E-state index < -0.39 is 0 Å². The summed E-state index contributed by atoms with van der Waals surface area (Å²) < 4.78 is 0. The topological polar surface area (TPSA) is 63.2 Å². The van der Waals surface area contributed by atoms with Gasteiger partial charge in [-0.15, -0.1) is 0 Å². The molecule has 3 rings (SSSR count). The second-order valence-corrected chi connectivity index (χ2v) is 10.8. The molecule has 0 aliphatic heterocycles. The van der Waals surface area contributed by atoms with Crippen molar-refractivity contribution in [2.45, 2.75) is 71.8 Å². The predicted molar refractivity (Wildman–Crippen MR) is 142 cm³/mol. The van der Waals surface area contributed by atoms with Crippen molar-refractivity contribution in [3.8, 4) is 0 Å². The summed E-state index contributed by atoms with van der Waals surface area (Å²) in [6.07, 6.45) is 4.72. The molecule has 0 bridgehead atoms. The van der Waals surface area contributed by atoms with E-state index in [4.69, 9.17) is 0 Å². The number of ketones is 2. The molecule has 0 aromatic heterocycles. The molecule has 0 spiro atoms. The standard InChI is InChI=1S/C29H39NO3S/c1-19(2)14-24(29(33)30-25(18-34)16-23-11-7-13-27(23)31)17-28(32)20(3)15-22-10-6-9-21-8-4-5-12-26(21)22/h4-6,8-10,12,19-20,23-25,34H,7,11,13-18H2,1-3H3,(H,30,33)/t20-,23-,24+,25-/m0/s1. The number of thiol groups is 1. The summed E-state index contributed by atoms with van der Waals surface area (Å²) in [4.78, 5) is 38.5. The zero-order chi connectivity index (χ0) is 24.7. The number of nitrogens with one attached hydrogen (secondary N) is 1. The van der Waals surface area contributed by atoms with Crippen molar-refractivity contribution in [2.24, 2.45) is 23.7 Å². The van der Waals surface area contributed by atoms with Crippen LogP contribution in [0.3, 0.4) is 0 Å². The Bertz CT molecular complexity index is 997. The van der Waals surface area contributed by atoms with Crippen LogP contribution in [-0.4, -0.2) is 29.3 Å². The molecule has 34 heavy (non-hydrogen) atoms. The van der Waals surface area contributed by atoms with E-state index in [1.54, 1.807) is 0 Å². The first kappa shape index (κ1) is 26.5. The first-order chi connectivity index (χ1) is 16.3. The number of benzene rings is 2. The fourth-order valence-corrected chi connectivity index (χ4v) is 5.43. The fourth-order valence-electron chi connectivity index (χ4n) is 5.19. The molecular weight excluding hydrogens is 442 g/mol. The highest BCUT2D eigenvalue weighted by Gasteiger charge is 2.30. The maximum absolute atomic E-state index is 13.2. The summed E-state index contributed by atoms with van der Waals surface area (Å²) >= 11 is 4.43. The molecular formula is C29H39NO3S. The predicted octanol–water partition coefficient (Wildman–Crippen LogP) is 5.81. The first-order valence-electron chi connectivity index (χ1n) is 12.7. The Morgan fingerprint density at radius 1 is 1.09 bits per heavy atom. The molecule has 0 radical (unpaired) electrons. The minimum atomic E-state index is -0.357. The van der Waals surface area contributed by atoms with Gasteiger partial charge in [-0.3, -0.25) is 14.4 Å². The Kier molecular flexibility index (Phi) is 9.75. The summed E-state index contributed by atoms with van der Waals surface area (Å²) in [6, 6.07) is 14.3. The smallest absolute Gasteiger partial charge is 0.223 e. The molecule has 184 valence electrons. The highest BCUT2D eigenvalue weighted by atomic mass is 32.1. The fraction of sp³-hybridized carbons (Fsp3) is 0.552. The van der Waals surface area contributed by atoms with Crippen molar-refractivity contribution >= 4 is 40.9 Å². The molecule has 4 atom stereocenters. The molecule has 1 aliphatic rings. The van der Waals surface area contributed by atoms with Gasteiger partial charge in [-0.1, -0.05) is 63.2 Å². The Balaban J connectivity index is 1.63. The largest absolute Gasteiger partial charge is 0.352 e. The van der Waals surface area contributed by atoms with Gasteiger partial charge in [-0.25, -0.2) is 0 Å². The van der Waals surface area contributed by atoms with E-state index in [2.05, 4.69) is 56.1 Å². The number of amides is 1. The van der Waals surface area contributed by atoms with Gasteiger partial charge in [-0.05, 0) is 54.4 Å². The van der Waals surface area contributed by atoms with Crippen molar-refractivity contribution in [1.82, 2.24) is 5.32 Å². The van der Waals surface area contributed by atoms with Crippen LogP contribution < -0.4 is 5.32 Å². The van der Waals surface area contributed by atoms with Gasteiger partial charge >= 0.3 is 0 Å². The zero-order valence-corrected chi connectivity index (χ0v) is 21.7. The molecule has 0 saturated heterocycles. The number of carbonyl (C=O) groups excluding carboxylic acids is 3. The monoisotopic (exact) mass is 481 g/mol. The molecule has 1 saturated carbocycles. The molecule has 2 aromatic carbocycles. The first-order valence-corrected chi connectivity index (χ1v) is 13.3. The van der Waals surface area contributed by atoms with Crippen LogP contribution in [0.25, 0.3) is 10.8 Å². The van der Waals surface area contributed by atoms with Gasteiger partial charge in [0.25, 0.3) is 0 Å². The van der Waals surface area contributed by atoms with Crippen molar-refractivity contribution in [3.05, 3.63) is 48.0 Å². The third kappa shape index (κ3) is 7.18. The van der Waals surface area contributed by atoms with Crippen LogP contribution in [0.5, 0.6) is 0 Å². The highest BCUT2D eigenvalue weighted by molar-refractivity contribution is 7.80. The molecule has 0 heterocycles. The summed E-state index contributed by atoms with van der Waals surface area (Å²) in [6.45, 7) is 6.13. The Hall–Kier alpha value is -2.14. The lowest BCUT2D eigenvalue weighted by molar-refractivity contribution is -0.132. The minimum absolute atomic E-state index is 0.0309. The number of rotatable bonds is 12. The van der Waals surface area contributed by atoms with E-state index in [1.165, 1.54) is 16.3 Å². The second kappa shape index (κ2) is 12.5. The number of fused-ring (bicyclic) bond motifs is 1. The molecule has 4 nitrogen and oxygen atoms in total. The Labute approximate surface area is 209 Å². The molecule has 1 aliphatic carbocycles. The van der Waals surface area contributed by atoms with Gasteiger partial charge in [0.05, 0.1) is 0 Å².